The summed E-state index contributed by atoms with van der Waals surface area (Å²) >= 11 is 0. The molecule has 0 aromatic rings. The topological polar surface area (TPSA) is 89.4 Å². The van der Waals surface area contributed by atoms with Crippen molar-refractivity contribution in [3.8, 4) is 0 Å². The number of nitrogens with zero attached hydrogens (tertiary/aromatic N) is 1. The summed E-state index contributed by atoms with van der Waals surface area (Å²) < 4.78 is 22.1. The lowest BCUT2D eigenvalue weighted by molar-refractivity contribution is 0.188. The SMILES string of the molecule is CC(CN1CCC(CN)CC1)S(N)(=O)=O. The van der Waals surface area contributed by atoms with E-state index in [9.17, 15) is 8.42 Å². The summed E-state index contributed by atoms with van der Waals surface area (Å²) in [5, 5.41) is 4.60. The van der Waals surface area contributed by atoms with Crippen LogP contribution in [0.3, 0.4) is 0 Å². The Balaban J connectivity index is 2.36. The highest BCUT2D eigenvalue weighted by Gasteiger charge is 2.23. The molecule has 0 aromatic heterocycles. The van der Waals surface area contributed by atoms with Crippen molar-refractivity contribution in [1.82, 2.24) is 4.90 Å². The van der Waals surface area contributed by atoms with Gasteiger partial charge in [-0.1, -0.05) is 0 Å². The first-order valence-electron chi connectivity index (χ1n) is 5.37. The molecule has 1 fully saturated rings. The second-order valence-electron chi connectivity index (χ2n) is 4.38. The molecule has 1 rings (SSSR count). The van der Waals surface area contributed by atoms with Gasteiger partial charge < -0.3 is 10.6 Å². The molecule has 1 unspecified atom stereocenters. The van der Waals surface area contributed by atoms with Crippen molar-refractivity contribution < 1.29 is 8.42 Å². The predicted octanol–water partition coefficient (Wildman–Crippen LogP) is -0.666. The largest absolute Gasteiger partial charge is 0.330 e. The first-order valence-corrected chi connectivity index (χ1v) is 6.98. The van der Waals surface area contributed by atoms with Crippen molar-refractivity contribution in [3.05, 3.63) is 0 Å². The van der Waals surface area contributed by atoms with Gasteiger partial charge in [-0.15, -0.1) is 0 Å². The van der Waals surface area contributed by atoms with Crippen LogP contribution < -0.4 is 10.9 Å². The Morgan fingerprint density at radius 1 is 1.40 bits per heavy atom. The zero-order chi connectivity index (χ0) is 11.5. The zero-order valence-corrected chi connectivity index (χ0v) is 10.0. The fourth-order valence-electron chi connectivity index (χ4n) is 1.87. The van der Waals surface area contributed by atoms with Crippen LogP contribution >= 0.6 is 0 Å². The van der Waals surface area contributed by atoms with Crippen LogP contribution in [0.2, 0.25) is 0 Å². The Hall–Kier alpha value is -0.170. The van der Waals surface area contributed by atoms with Gasteiger partial charge in [0.2, 0.25) is 10.0 Å². The summed E-state index contributed by atoms with van der Waals surface area (Å²) in [4.78, 5) is 2.15. The highest BCUT2D eigenvalue weighted by molar-refractivity contribution is 7.89. The van der Waals surface area contributed by atoms with Gasteiger partial charge in [0.15, 0.2) is 0 Å². The summed E-state index contributed by atoms with van der Waals surface area (Å²) in [6.07, 6.45) is 2.13. The monoisotopic (exact) mass is 235 g/mol. The maximum atomic E-state index is 11.1. The standard InChI is InChI=1S/C9H21N3O2S/c1-8(15(11,13)14)7-12-4-2-9(6-10)3-5-12/h8-9H,2-7,10H2,1H3,(H2,11,13,14). The van der Waals surface area contributed by atoms with Gasteiger partial charge in [0, 0.05) is 6.54 Å². The van der Waals surface area contributed by atoms with E-state index in [1.807, 2.05) is 0 Å². The molecule has 90 valence electrons. The summed E-state index contributed by atoms with van der Waals surface area (Å²) in [6, 6.07) is 0. The highest BCUT2D eigenvalue weighted by Crippen LogP contribution is 2.16. The zero-order valence-electron chi connectivity index (χ0n) is 9.22. The minimum Gasteiger partial charge on any atom is -0.330 e. The Morgan fingerprint density at radius 2 is 1.93 bits per heavy atom. The minimum absolute atomic E-state index is 0.480. The smallest absolute Gasteiger partial charge is 0.212 e. The number of piperidine rings is 1. The van der Waals surface area contributed by atoms with Crippen LogP contribution in [0, 0.1) is 5.92 Å². The molecule has 1 heterocycles. The molecule has 0 aromatic carbocycles. The average Bonchev–Trinajstić information content (AvgIpc) is 2.17. The molecule has 0 saturated carbocycles. The van der Waals surface area contributed by atoms with Crippen LogP contribution in [0.25, 0.3) is 0 Å². The molecule has 15 heavy (non-hydrogen) atoms. The van der Waals surface area contributed by atoms with Gasteiger partial charge in [0.1, 0.15) is 0 Å². The quantitative estimate of drug-likeness (QED) is 0.676. The molecule has 6 heteroatoms. The van der Waals surface area contributed by atoms with Crippen molar-refractivity contribution in [1.29, 1.82) is 0 Å². The number of nitrogens with two attached hydrogens (primary N) is 2. The lowest BCUT2D eigenvalue weighted by Gasteiger charge is -2.32. The van der Waals surface area contributed by atoms with E-state index >= 15 is 0 Å². The molecule has 0 aliphatic carbocycles. The van der Waals surface area contributed by atoms with Crippen LogP contribution in [-0.2, 0) is 10.0 Å². The second-order valence-corrected chi connectivity index (χ2v) is 6.36. The Labute approximate surface area is 91.9 Å². The Morgan fingerprint density at radius 3 is 2.33 bits per heavy atom. The van der Waals surface area contributed by atoms with E-state index in [1.165, 1.54) is 0 Å². The van der Waals surface area contributed by atoms with Crippen LogP contribution in [0.15, 0.2) is 0 Å². The van der Waals surface area contributed by atoms with Gasteiger partial charge >= 0.3 is 0 Å². The van der Waals surface area contributed by atoms with E-state index in [4.69, 9.17) is 10.9 Å². The van der Waals surface area contributed by atoms with E-state index in [-0.39, 0.29) is 0 Å². The molecule has 0 amide bonds. The van der Waals surface area contributed by atoms with Crippen LogP contribution in [0.1, 0.15) is 19.8 Å². The molecule has 4 N–H and O–H groups in total. The van der Waals surface area contributed by atoms with E-state index in [2.05, 4.69) is 4.90 Å². The maximum absolute atomic E-state index is 11.1. The Kier molecular flexibility index (Phi) is 4.51. The highest BCUT2D eigenvalue weighted by atomic mass is 32.2. The molecule has 0 spiro atoms. The number of hydrogen-bond acceptors (Lipinski definition) is 4. The second kappa shape index (κ2) is 5.25. The molecule has 1 aliphatic rings. The molecule has 1 atom stereocenters. The molecule has 0 bridgehead atoms. The third-order valence-corrected chi connectivity index (χ3v) is 4.39. The number of likely N-dealkylation sites (tertiary alicyclic amines) is 1. The van der Waals surface area contributed by atoms with Crippen LogP contribution in [0.4, 0.5) is 0 Å². The van der Waals surface area contributed by atoms with Crippen LogP contribution in [0.5, 0.6) is 0 Å². The fourth-order valence-corrected chi connectivity index (χ4v) is 2.29. The summed E-state index contributed by atoms with van der Waals surface area (Å²) in [5.74, 6) is 0.603. The summed E-state index contributed by atoms with van der Waals surface area (Å²) in [7, 11) is -3.39. The molecule has 1 saturated heterocycles. The maximum Gasteiger partial charge on any atom is 0.212 e. The number of primary sulfonamides is 1. The van der Waals surface area contributed by atoms with Gasteiger partial charge in [-0.05, 0) is 45.3 Å². The van der Waals surface area contributed by atoms with Gasteiger partial charge in [0.05, 0.1) is 5.25 Å². The molecule has 0 radical (unpaired) electrons. The van der Waals surface area contributed by atoms with Gasteiger partial charge in [0.25, 0.3) is 0 Å². The molecule has 5 nitrogen and oxygen atoms in total. The van der Waals surface area contributed by atoms with Crippen molar-refractivity contribution in [2.75, 3.05) is 26.2 Å². The lowest BCUT2D eigenvalue weighted by Crippen LogP contribution is -2.43. The normalized spacial score (nSPS) is 22.9. The molecule has 1 aliphatic heterocycles. The van der Waals surface area contributed by atoms with Crippen molar-refractivity contribution in [2.24, 2.45) is 16.8 Å². The number of hydrogen-bond donors (Lipinski definition) is 2. The predicted molar refractivity (Wildman–Crippen MR) is 60.8 cm³/mol. The number of rotatable bonds is 4. The summed E-state index contributed by atoms with van der Waals surface area (Å²) in [5.41, 5.74) is 5.58. The van der Waals surface area contributed by atoms with Gasteiger partial charge in [-0.25, -0.2) is 13.6 Å². The first kappa shape index (κ1) is 12.9. The van der Waals surface area contributed by atoms with E-state index in [0.29, 0.717) is 12.5 Å². The van der Waals surface area contributed by atoms with Gasteiger partial charge in [-0.2, -0.15) is 0 Å². The molecular weight excluding hydrogens is 214 g/mol. The van der Waals surface area contributed by atoms with Crippen LogP contribution in [-0.4, -0.2) is 44.7 Å². The van der Waals surface area contributed by atoms with E-state index in [0.717, 1.165) is 32.5 Å². The van der Waals surface area contributed by atoms with E-state index in [1.54, 1.807) is 6.92 Å². The third kappa shape index (κ3) is 4.06. The fraction of sp³-hybridized carbons (Fsp3) is 1.00. The van der Waals surface area contributed by atoms with Crippen molar-refractivity contribution >= 4 is 10.0 Å². The third-order valence-electron chi connectivity index (χ3n) is 3.12. The number of sulfonamides is 1. The average molecular weight is 235 g/mol. The minimum atomic E-state index is -3.39. The first-order chi connectivity index (χ1) is 6.93. The van der Waals surface area contributed by atoms with E-state index < -0.39 is 15.3 Å². The lowest BCUT2D eigenvalue weighted by atomic mass is 9.97. The van der Waals surface area contributed by atoms with Crippen molar-refractivity contribution in [2.45, 2.75) is 25.0 Å². The van der Waals surface area contributed by atoms with Crippen molar-refractivity contribution in [3.63, 3.8) is 0 Å². The van der Waals surface area contributed by atoms with Gasteiger partial charge in [-0.3, -0.25) is 0 Å². The Bertz CT molecular complexity index is 284. The molecular formula is C9H21N3O2S. The summed E-state index contributed by atoms with van der Waals surface area (Å²) in [6.45, 7) is 4.79.